The van der Waals surface area contributed by atoms with Gasteiger partial charge in [0.2, 0.25) is 5.75 Å². The van der Waals surface area contributed by atoms with Crippen LogP contribution in [-0.2, 0) is 0 Å². The zero-order chi connectivity index (χ0) is 28.3. The van der Waals surface area contributed by atoms with Gasteiger partial charge in [-0.2, -0.15) is 0 Å². The molecule has 8 nitrogen and oxygen atoms in total. The first-order chi connectivity index (χ1) is 18.7. The summed E-state index contributed by atoms with van der Waals surface area (Å²) in [6.45, 7) is 8.41. The van der Waals surface area contributed by atoms with Crippen LogP contribution in [0.5, 0.6) is 17.2 Å². The highest BCUT2D eigenvalue weighted by molar-refractivity contribution is 5.96. The molecule has 4 rings (SSSR count). The van der Waals surface area contributed by atoms with Crippen LogP contribution in [-0.4, -0.2) is 48.2 Å². The van der Waals surface area contributed by atoms with E-state index in [-0.39, 0.29) is 17.4 Å². The van der Waals surface area contributed by atoms with Gasteiger partial charge in [-0.15, -0.1) is 0 Å². The average Bonchev–Trinajstić information content (AvgIpc) is 2.94. The maximum atomic E-state index is 14.1. The van der Waals surface area contributed by atoms with Crippen molar-refractivity contribution in [3.8, 4) is 22.9 Å². The molecule has 3 aromatic carbocycles. The Hall–Kier alpha value is -4.33. The van der Waals surface area contributed by atoms with Gasteiger partial charge >= 0.3 is 0 Å². The standard InChI is InChI=1S/C31H35N3O5/c1-19(2)18-33(30(35)22-16-26(37-5)28(39-7)27(17-22)38-6)21(4)29-32-25-14-9-8-13-24(25)31(36)34(29)23-12-10-11-20(3)15-23/h8-17,19,21H,18H2,1-7H3. The molecule has 39 heavy (non-hydrogen) atoms. The van der Waals surface area contributed by atoms with E-state index >= 15 is 0 Å². The summed E-state index contributed by atoms with van der Waals surface area (Å²) < 4.78 is 18.0. The molecule has 0 aliphatic rings. The van der Waals surface area contributed by atoms with Crippen LogP contribution in [0.1, 0.15) is 48.6 Å². The van der Waals surface area contributed by atoms with Gasteiger partial charge in [0, 0.05) is 12.1 Å². The zero-order valence-corrected chi connectivity index (χ0v) is 23.5. The molecule has 0 saturated heterocycles. The Balaban J connectivity index is 1.92. The Bertz CT molecular complexity index is 1530. The van der Waals surface area contributed by atoms with E-state index in [4.69, 9.17) is 19.2 Å². The maximum absolute atomic E-state index is 14.1. The lowest BCUT2D eigenvalue weighted by Gasteiger charge is -2.32. The monoisotopic (exact) mass is 529 g/mol. The van der Waals surface area contributed by atoms with Crippen molar-refractivity contribution in [2.75, 3.05) is 27.9 Å². The minimum atomic E-state index is -0.545. The molecule has 1 atom stereocenters. The van der Waals surface area contributed by atoms with Crippen molar-refractivity contribution in [3.05, 3.63) is 88.0 Å². The predicted molar refractivity (Wildman–Crippen MR) is 152 cm³/mol. The number of hydrogen-bond donors (Lipinski definition) is 0. The van der Waals surface area contributed by atoms with Crippen molar-refractivity contribution in [3.63, 3.8) is 0 Å². The number of hydrogen-bond acceptors (Lipinski definition) is 6. The number of aryl methyl sites for hydroxylation is 1. The smallest absolute Gasteiger partial charge is 0.266 e. The van der Waals surface area contributed by atoms with Crippen LogP contribution in [0.3, 0.4) is 0 Å². The fourth-order valence-electron chi connectivity index (χ4n) is 4.77. The fourth-order valence-corrected chi connectivity index (χ4v) is 4.77. The molecule has 8 heteroatoms. The Labute approximate surface area is 228 Å². The minimum Gasteiger partial charge on any atom is -0.493 e. The number of carbonyl (C=O) groups excluding carboxylic acids is 1. The van der Waals surface area contributed by atoms with Crippen molar-refractivity contribution < 1.29 is 19.0 Å². The number of fused-ring (bicyclic) bond motifs is 1. The molecule has 0 aliphatic carbocycles. The number of carbonyl (C=O) groups is 1. The fraction of sp³-hybridized carbons (Fsp3) is 0.323. The van der Waals surface area contributed by atoms with Crippen LogP contribution < -0.4 is 19.8 Å². The number of para-hydroxylation sites is 1. The predicted octanol–water partition coefficient (Wildman–Crippen LogP) is 5.58. The lowest BCUT2D eigenvalue weighted by Crippen LogP contribution is -2.39. The SMILES string of the molecule is COc1cc(C(=O)N(CC(C)C)C(C)c2nc3ccccc3c(=O)n2-c2cccc(C)c2)cc(OC)c1OC. The Morgan fingerprint density at radius 3 is 2.18 bits per heavy atom. The minimum absolute atomic E-state index is 0.151. The second-order valence-electron chi connectivity index (χ2n) is 9.91. The molecule has 0 aliphatic heterocycles. The van der Waals surface area contributed by atoms with Crippen LogP contribution in [0.25, 0.3) is 16.6 Å². The first-order valence-electron chi connectivity index (χ1n) is 12.9. The molecule has 4 aromatic rings. The summed E-state index contributed by atoms with van der Waals surface area (Å²) in [6, 6.07) is 17.7. The summed E-state index contributed by atoms with van der Waals surface area (Å²) in [5.74, 6) is 1.57. The molecule has 0 saturated carbocycles. The van der Waals surface area contributed by atoms with E-state index in [2.05, 4.69) is 0 Å². The normalized spacial score (nSPS) is 11.9. The summed E-state index contributed by atoms with van der Waals surface area (Å²) in [5, 5.41) is 0.515. The Morgan fingerprint density at radius 2 is 1.59 bits per heavy atom. The summed E-state index contributed by atoms with van der Waals surface area (Å²) in [6.07, 6.45) is 0. The molecule has 0 bridgehead atoms. The number of amides is 1. The average molecular weight is 530 g/mol. The second kappa shape index (κ2) is 11.6. The van der Waals surface area contributed by atoms with Crippen LogP contribution in [0.2, 0.25) is 0 Å². The quantitative estimate of drug-likeness (QED) is 0.282. The van der Waals surface area contributed by atoms with E-state index < -0.39 is 6.04 Å². The second-order valence-corrected chi connectivity index (χ2v) is 9.91. The number of benzene rings is 3. The molecule has 0 radical (unpaired) electrons. The summed E-state index contributed by atoms with van der Waals surface area (Å²) >= 11 is 0. The van der Waals surface area contributed by atoms with E-state index in [0.29, 0.717) is 51.8 Å². The highest BCUT2D eigenvalue weighted by Gasteiger charge is 2.29. The van der Waals surface area contributed by atoms with E-state index in [9.17, 15) is 9.59 Å². The third-order valence-corrected chi connectivity index (χ3v) is 6.64. The van der Waals surface area contributed by atoms with Gasteiger partial charge in [-0.1, -0.05) is 38.1 Å². The van der Waals surface area contributed by atoms with Crippen molar-refractivity contribution in [2.45, 2.75) is 33.7 Å². The zero-order valence-electron chi connectivity index (χ0n) is 23.5. The van der Waals surface area contributed by atoms with E-state index in [1.807, 2.05) is 70.2 Å². The van der Waals surface area contributed by atoms with Gasteiger partial charge in [0.1, 0.15) is 5.82 Å². The van der Waals surface area contributed by atoms with Crippen molar-refractivity contribution in [1.29, 1.82) is 0 Å². The third kappa shape index (κ3) is 5.46. The third-order valence-electron chi connectivity index (χ3n) is 6.64. The highest BCUT2D eigenvalue weighted by atomic mass is 16.5. The van der Waals surface area contributed by atoms with Crippen molar-refractivity contribution in [2.24, 2.45) is 5.92 Å². The molecule has 1 unspecified atom stereocenters. The van der Waals surface area contributed by atoms with Gasteiger partial charge in [-0.3, -0.25) is 14.2 Å². The first-order valence-corrected chi connectivity index (χ1v) is 12.9. The molecule has 0 spiro atoms. The van der Waals surface area contributed by atoms with Crippen LogP contribution in [0.4, 0.5) is 0 Å². The lowest BCUT2D eigenvalue weighted by molar-refractivity contribution is 0.0654. The number of aromatic nitrogens is 2. The number of nitrogens with zero attached hydrogens (tertiary/aromatic N) is 3. The number of rotatable bonds is 9. The van der Waals surface area contributed by atoms with E-state index in [1.165, 1.54) is 21.3 Å². The van der Waals surface area contributed by atoms with Crippen LogP contribution >= 0.6 is 0 Å². The molecule has 204 valence electrons. The number of methoxy groups -OCH3 is 3. The van der Waals surface area contributed by atoms with Crippen LogP contribution in [0, 0.1) is 12.8 Å². The Morgan fingerprint density at radius 1 is 0.923 bits per heavy atom. The number of ether oxygens (including phenoxy) is 3. The molecule has 1 amide bonds. The highest BCUT2D eigenvalue weighted by Crippen LogP contribution is 2.39. The summed E-state index contributed by atoms with van der Waals surface area (Å²) in [5.41, 5.74) is 2.49. The summed E-state index contributed by atoms with van der Waals surface area (Å²) in [7, 11) is 4.55. The van der Waals surface area contributed by atoms with E-state index in [1.54, 1.807) is 27.7 Å². The first kappa shape index (κ1) is 27.7. The Kier molecular flexibility index (Phi) is 8.24. The molecular formula is C31H35N3O5. The molecule has 1 aromatic heterocycles. The van der Waals surface area contributed by atoms with Crippen molar-refractivity contribution in [1.82, 2.24) is 14.5 Å². The molecule has 1 heterocycles. The molecular weight excluding hydrogens is 494 g/mol. The molecule has 0 fully saturated rings. The summed E-state index contributed by atoms with van der Waals surface area (Å²) in [4.78, 5) is 34.7. The van der Waals surface area contributed by atoms with Crippen molar-refractivity contribution >= 4 is 16.8 Å². The van der Waals surface area contributed by atoms with Gasteiger partial charge in [-0.05, 0) is 61.7 Å². The topological polar surface area (TPSA) is 82.9 Å². The van der Waals surface area contributed by atoms with Gasteiger partial charge in [0.05, 0.1) is 44.0 Å². The van der Waals surface area contributed by atoms with Crippen LogP contribution in [0.15, 0.2) is 65.5 Å². The van der Waals surface area contributed by atoms with Gasteiger partial charge in [0.15, 0.2) is 11.5 Å². The van der Waals surface area contributed by atoms with E-state index in [0.717, 1.165) is 5.56 Å². The van der Waals surface area contributed by atoms with Gasteiger partial charge in [-0.25, -0.2) is 4.98 Å². The maximum Gasteiger partial charge on any atom is 0.266 e. The van der Waals surface area contributed by atoms with Gasteiger partial charge in [0.25, 0.3) is 11.5 Å². The largest absolute Gasteiger partial charge is 0.493 e. The lowest BCUT2D eigenvalue weighted by atomic mass is 10.1. The van der Waals surface area contributed by atoms with Gasteiger partial charge < -0.3 is 19.1 Å². The molecule has 0 N–H and O–H groups in total.